The van der Waals surface area contributed by atoms with E-state index in [0.717, 1.165) is 23.3 Å². The first kappa shape index (κ1) is 22.7. The number of aromatic nitrogens is 1. The van der Waals surface area contributed by atoms with Crippen LogP contribution in [0.15, 0.2) is 34.6 Å². The summed E-state index contributed by atoms with van der Waals surface area (Å²) in [7, 11) is 5.78. The van der Waals surface area contributed by atoms with E-state index in [9.17, 15) is 0 Å². The van der Waals surface area contributed by atoms with E-state index in [2.05, 4.69) is 71.0 Å². The molecule has 7 heteroatoms. The van der Waals surface area contributed by atoms with Crippen LogP contribution in [0.1, 0.15) is 37.6 Å². The SMILES string of the molecule is CN=C(NCc1ccc(C(C)(C)C)cc1)NCc1csc(N(C)C)n1.I. The molecule has 0 spiro atoms. The van der Waals surface area contributed by atoms with Crippen molar-refractivity contribution < 1.29 is 0 Å². The van der Waals surface area contributed by atoms with Gasteiger partial charge in [-0.05, 0) is 16.5 Å². The van der Waals surface area contributed by atoms with Crippen LogP contribution in [0.2, 0.25) is 0 Å². The Balaban J connectivity index is 0.00000338. The van der Waals surface area contributed by atoms with Crippen LogP contribution in [-0.4, -0.2) is 32.1 Å². The molecular formula is C19H30IN5S. The number of nitrogens with zero attached hydrogens (tertiary/aromatic N) is 3. The average molecular weight is 487 g/mol. The predicted molar refractivity (Wildman–Crippen MR) is 124 cm³/mol. The van der Waals surface area contributed by atoms with E-state index >= 15 is 0 Å². The Morgan fingerprint density at radius 1 is 1.12 bits per heavy atom. The summed E-state index contributed by atoms with van der Waals surface area (Å²) in [6, 6.07) is 8.74. The fraction of sp³-hybridized carbons (Fsp3) is 0.474. The molecule has 0 atom stereocenters. The fourth-order valence-electron chi connectivity index (χ4n) is 2.29. The van der Waals surface area contributed by atoms with E-state index in [1.54, 1.807) is 18.4 Å². The van der Waals surface area contributed by atoms with Crippen molar-refractivity contribution in [1.82, 2.24) is 15.6 Å². The molecule has 1 aromatic heterocycles. The lowest BCUT2D eigenvalue weighted by Crippen LogP contribution is -2.36. The lowest BCUT2D eigenvalue weighted by Gasteiger charge is -2.19. The van der Waals surface area contributed by atoms with Crippen molar-refractivity contribution in [2.45, 2.75) is 39.3 Å². The fourth-order valence-corrected chi connectivity index (χ4v) is 3.04. The van der Waals surface area contributed by atoms with Crippen LogP contribution in [-0.2, 0) is 18.5 Å². The molecule has 2 rings (SSSR count). The van der Waals surface area contributed by atoms with Gasteiger partial charge in [0.05, 0.1) is 12.2 Å². The Hall–Kier alpha value is -1.35. The third kappa shape index (κ3) is 6.75. The molecule has 0 saturated heterocycles. The summed E-state index contributed by atoms with van der Waals surface area (Å²) in [5, 5.41) is 9.74. The molecule has 1 aromatic carbocycles. The van der Waals surface area contributed by atoms with Gasteiger partial charge in [-0.1, -0.05) is 45.0 Å². The minimum Gasteiger partial charge on any atom is -0.354 e. The highest BCUT2D eigenvalue weighted by Crippen LogP contribution is 2.22. The second-order valence-corrected chi connectivity index (χ2v) is 8.08. The van der Waals surface area contributed by atoms with Gasteiger partial charge in [0.15, 0.2) is 11.1 Å². The maximum absolute atomic E-state index is 4.57. The number of thiazole rings is 1. The van der Waals surface area contributed by atoms with Gasteiger partial charge in [-0.2, -0.15) is 0 Å². The Morgan fingerprint density at radius 3 is 2.23 bits per heavy atom. The topological polar surface area (TPSA) is 52.6 Å². The predicted octanol–water partition coefficient (Wildman–Crippen LogP) is 3.99. The second kappa shape index (κ2) is 10.1. The van der Waals surface area contributed by atoms with Crippen LogP contribution < -0.4 is 15.5 Å². The first-order valence-corrected chi connectivity index (χ1v) is 9.33. The van der Waals surface area contributed by atoms with Crippen molar-refractivity contribution in [2.75, 3.05) is 26.0 Å². The molecule has 0 amide bonds. The van der Waals surface area contributed by atoms with Gasteiger partial charge in [-0.25, -0.2) is 4.98 Å². The zero-order valence-electron chi connectivity index (χ0n) is 16.5. The highest BCUT2D eigenvalue weighted by atomic mass is 127. The molecule has 0 saturated carbocycles. The van der Waals surface area contributed by atoms with Crippen molar-refractivity contribution in [3.63, 3.8) is 0 Å². The van der Waals surface area contributed by atoms with Gasteiger partial charge < -0.3 is 15.5 Å². The van der Waals surface area contributed by atoms with Crippen molar-refractivity contribution in [1.29, 1.82) is 0 Å². The van der Waals surface area contributed by atoms with Gasteiger partial charge >= 0.3 is 0 Å². The van der Waals surface area contributed by atoms with Gasteiger partial charge in [-0.3, -0.25) is 4.99 Å². The number of benzene rings is 1. The molecule has 0 fully saturated rings. The van der Waals surface area contributed by atoms with Crippen LogP contribution in [0.5, 0.6) is 0 Å². The number of guanidine groups is 1. The molecule has 1 heterocycles. The highest BCUT2D eigenvalue weighted by Gasteiger charge is 2.12. The first-order chi connectivity index (χ1) is 11.8. The monoisotopic (exact) mass is 487 g/mol. The van der Waals surface area contributed by atoms with Gasteiger partial charge in [0.1, 0.15) is 0 Å². The van der Waals surface area contributed by atoms with Crippen LogP contribution in [0.25, 0.3) is 0 Å². The molecule has 26 heavy (non-hydrogen) atoms. The number of aliphatic imine (C=N–C) groups is 1. The molecule has 2 N–H and O–H groups in total. The molecular weight excluding hydrogens is 457 g/mol. The molecule has 0 aliphatic carbocycles. The number of halogens is 1. The van der Waals surface area contributed by atoms with Gasteiger partial charge in [-0.15, -0.1) is 35.3 Å². The molecule has 0 bridgehead atoms. The Bertz CT molecular complexity index is 701. The van der Waals surface area contributed by atoms with Crippen molar-refractivity contribution in [3.05, 3.63) is 46.5 Å². The standard InChI is InChI=1S/C19H29N5S.HI/c1-19(2,3)15-9-7-14(8-10-15)11-21-17(20-4)22-12-16-13-25-18(23-16)24(5)6;/h7-10,13H,11-12H2,1-6H3,(H2,20,21,22);1H. The number of hydrogen-bond donors (Lipinski definition) is 2. The van der Waals surface area contributed by atoms with Gasteiger partial charge in [0, 0.05) is 33.1 Å². The maximum Gasteiger partial charge on any atom is 0.191 e. The highest BCUT2D eigenvalue weighted by molar-refractivity contribution is 14.0. The zero-order valence-corrected chi connectivity index (χ0v) is 19.6. The van der Waals surface area contributed by atoms with E-state index in [-0.39, 0.29) is 29.4 Å². The minimum absolute atomic E-state index is 0. The number of rotatable bonds is 5. The maximum atomic E-state index is 4.57. The summed E-state index contributed by atoms with van der Waals surface area (Å²) in [4.78, 5) is 10.9. The third-order valence-electron chi connectivity index (χ3n) is 3.86. The van der Waals surface area contributed by atoms with Crippen molar-refractivity contribution in [2.24, 2.45) is 4.99 Å². The Labute approximate surface area is 178 Å². The molecule has 0 aliphatic rings. The molecule has 0 radical (unpaired) electrons. The minimum atomic E-state index is 0. The summed E-state index contributed by atoms with van der Waals surface area (Å²) in [5.41, 5.74) is 3.78. The Morgan fingerprint density at radius 2 is 1.73 bits per heavy atom. The van der Waals surface area contributed by atoms with Crippen molar-refractivity contribution >= 4 is 46.4 Å². The van der Waals surface area contributed by atoms with E-state index in [4.69, 9.17) is 0 Å². The first-order valence-electron chi connectivity index (χ1n) is 8.45. The summed E-state index contributed by atoms with van der Waals surface area (Å²) >= 11 is 1.64. The zero-order chi connectivity index (χ0) is 18.4. The lowest BCUT2D eigenvalue weighted by molar-refractivity contribution is 0.590. The number of anilines is 1. The lowest BCUT2D eigenvalue weighted by atomic mass is 9.87. The van der Waals surface area contributed by atoms with Crippen LogP contribution >= 0.6 is 35.3 Å². The summed E-state index contributed by atoms with van der Waals surface area (Å²) in [6.45, 7) is 8.09. The summed E-state index contributed by atoms with van der Waals surface area (Å²) in [5.74, 6) is 0.777. The quantitative estimate of drug-likeness (QED) is 0.381. The Kier molecular flexibility index (Phi) is 8.82. The van der Waals surface area contributed by atoms with Crippen LogP contribution in [0.3, 0.4) is 0 Å². The molecule has 5 nitrogen and oxygen atoms in total. The van der Waals surface area contributed by atoms with Crippen molar-refractivity contribution in [3.8, 4) is 0 Å². The largest absolute Gasteiger partial charge is 0.354 e. The van der Waals surface area contributed by atoms with Gasteiger partial charge in [0.25, 0.3) is 0 Å². The van der Waals surface area contributed by atoms with Crippen LogP contribution in [0, 0.1) is 0 Å². The van der Waals surface area contributed by atoms with E-state index < -0.39 is 0 Å². The summed E-state index contributed by atoms with van der Waals surface area (Å²) < 4.78 is 0. The average Bonchev–Trinajstić information content (AvgIpc) is 3.04. The summed E-state index contributed by atoms with van der Waals surface area (Å²) in [6.07, 6.45) is 0. The van der Waals surface area contributed by atoms with E-state index in [1.807, 2.05) is 19.0 Å². The molecule has 144 valence electrons. The second-order valence-electron chi connectivity index (χ2n) is 7.24. The van der Waals surface area contributed by atoms with Gasteiger partial charge in [0.2, 0.25) is 0 Å². The number of hydrogen-bond acceptors (Lipinski definition) is 4. The van der Waals surface area contributed by atoms with E-state index in [0.29, 0.717) is 6.54 Å². The van der Waals surface area contributed by atoms with Crippen LogP contribution in [0.4, 0.5) is 5.13 Å². The third-order valence-corrected chi connectivity index (χ3v) is 4.92. The molecule has 0 aliphatic heterocycles. The van der Waals surface area contributed by atoms with E-state index in [1.165, 1.54) is 11.1 Å². The number of nitrogens with one attached hydrogen (secondary N) is 2. The molecule has 0 unspecified atom stereocenters. The molecule has 2 aromatic rings. The normalized spacial score (nSPS) is 11.7. The smallest absolute Gasteiger partial charge is 0.191 e.